The number of rotatable bonds is 5. The Bertz CT molecular complexity index is 680. The highest BCUT2D eigenvalue weighted by Crippen LogP contribution is 2.58. The van der Waals surface area contributed by atoms with Crippen molar-refractivity contribution in [2.45, 2.75) is 79.6 Å². The van der Waals surface area contributed by atoms with Gasteiger partial charge in [0.15, 0.2) is 0 Å². The van der Waals surface area contributed by atoms with Crippen LogP contribution < -0.4 is 10.6 Å². The lowest BCUT2D eigenvalue weighted by molar-refractivity contribution is -0.122. The molecule has 3 unspecified atom stereocenters. The van der Waals surface area contributed by atoms with Crippen LogP contribution in [0.1, 0.15) is 70.3 Å². The minimum Gasteiger partial charge on any atom is -0.353 e. The number of carbonyl (C=O) groups is 1. The molecule has 28 heavy (non-hydrogen) atoms. The van der Waals surface area contributed by atoms with Gasteiger partial charge in [-0.2, -0.15) is 0 Å². The standard InChI is InChI=1S/C24H35IN2O/c1-18-16-26-13-10-21(18)27-22(28)9-8-19-14-23(20-6-3-2-4-7-20)11-5-12-24(25,15-19)17-23/h2-4,6-7,18-19,21,26H,5,8-17H2,1H3,(H,27,28)/t18?,19?,21?,23-,24+/m1/s1. The summed E-state index contributed by atoms with van der Waals surface area (Å²) in [6, 6.07) is 11.6. The number of alkyl halides is 1. The molecule has 1 aliphatic heterocycles. The molecule has 1 saturated heterocycles. The number of amides is 1. The first-order valence-corrected chi connectivity index (χ1v) is 12.3. The highest BCUT2D eigenvalue weighted by atomic mass is 127. The van der Waals surface area contributed by atoms with Gasteiger partial charge in [0.2, 0.25) is 5.91 Å². The second kappa shape index (κ2) is 8.63. The van der Waals surface area contributed by atoms with Crippen molar-refractivity contribution in [3.05, 3.63) is 35.9 Å². The Balaban J connectivity index is 1.39. The summed E-state index contributed by atoms with van der Waals surface area (Å²) in [6.45, 7) is 4.28. The maximum Gasteiger partial charge on any atom is 0.220 e. The van der Waals surface area contributed by atoms with Crippen LogP contribution in [0.25, 0.3) is 0 Å². The topological polar surface area (TPSA) is 41.1 Å². The van der Waals surface area contributed by atoms with Crippen molar-refractivity contribution in [1.29, 1.82) is 0 Å². The van der Waals surface area contributed by atoms with Crippen LogP contribution in [0.2, 0.25) is 0 Å². The number of benzene rings is 1. The van der Waals surface area contributed by atoms with E-state index in [1.165, 1.54) is 44.1 Å². The van der Waals surface area contributed by atoms with E-state index in [-0.39, 0.29) is 5.91 Å². The summed E-state index contributed by atoms with van der Waals surface area (Å²) in [7, 11) is 0. The molecule has 0 aromatic heterocycles. The third-order valence-corrected chi connectivity index (χ3v) is 8.93. The van der Waals surface area contributed by atoms with Crippen molar-refractivity contribution in [2.24, 2.45) is 11.8 Å². The Morgan fingerprint density at radius 3 is 2.86 bits per heavy atom. The quantitative estimate of drug-likeness (QED) is 0.448. The van der Waals surface area contributed by atoms with Gasteiger partial charge in [0, 0.05) is 15.9 Å². The van der Waals surface area contributed by atoms with Crippen molar-refractivity contribution in [2.75, 3.05) is 13.1 Å². The highest BCUT2D eigenvalue weighted by molar-refractivity contribution is 14.1. The van der Waals surface area contributed by atoms with Crippen LogP contribution in [-0.2, 0) is 10.2 Å². The second-order valence-corrected chi connectivity index (χ2v) is 12.1. The molecule has 3 aliphatic rings. The van der Waals surface area contributed by atoms with Crippen LogP contribution in [0.4, 0.5) is 0 Å². The molecule has 3 nitrogen and oxygen atoms in total. The van der Waals surface area contributed by atoms with E-state index in [1.807, 2.05) is 0 Å². The minimum atomic E-state index is 0.269. The SMILES string of the molecule is CC1CNCCC1NC(=O)CCC1C[C@@]2(I)CCC[C@@](c3ccccc3)(C1)C2. The third-order valence-electron chi connectivity index (χ3n) is 7.57. The van der Waals surface area contributed by atoms with E-state index in [1.54, 1.807) is 0 Å². The molecule has 5 atom stereocenters. The van der Waals surface area contributed by atoms with Crippen LogP contribution in [-0.4, -0.2) is 28.5 Å². The molecule has 0 spiro atoms. The number of hydrogen-bond donors (Lipinski definition) is 2. The lowest BCUT2D eigenvalue weighted by atomic mass is 9.56. The maximum absolute atomic E-state index is 12.6. The summed E-state index contributed by atoms with van der Waals surface area (Å²) in [5.74, 6) is 1.47. The van der Waals surface area contributed by atoms with Crippen LogP contribution in [0, 0.1) is 11.8 Å². The molecule has 2 bridgehead atoms. The predicted molar refractivity (Wildman–Crippen MR) is 124 cm³/mol. The van der Waals surface area contributed by atoms with Gasteiger partial charge in [-0.05, 0) is 80.8 Å². The summed E-state index contributed by atoms with van der Waals surface area (Å²) in [4.78, 5) is 12.6. The Kier molecular flexibility index (Phi) is 6.36. The molecular formula is C24H35IN2O. The lowest BCUT2D eigenvalue weighted by Gasteiger charge is -2.53. The van der Waals surface area contributed by atoms with Crippen LogP contribution >= 0.6 is 22.6 Å². The fraction of sp³-hybridized carbons (Fsp3) is 0.708. The van der Waals surface area contributed by atoms with E-state index in [9.17, 15) is 4.79 Å². The van der Waals surface area contributed by atoms with Gasteiger partial charge in [0.1, 0.15) is 0 Å². The zero-order valence-electron chi connectivity index (χ0n) is 17.2. The average molecular weight is 494 g/mol. The van der Waals surface area contributed by atoms with Crippen molar-refractivity contribution >= 4 is 28.5 Å². The van der Waals surface area contributed by atoms with E-state index in [2.05, 4.69) is 70.5 Å². The van der Waals surface area contributed by atoms with Crippen molar-refractivity contribution < 1.29 is 4.79 Å². The first-order valence-electron chi connectivity index (χ1n) is 11.2. The summed E-state index contributed by atoms with van der Waals surface area (Å²) < 4.78 is 0.425. The third kappa shape index (κ3) is 4.58. The molecule has 3 fully saturated rings. The highest BCUT2D eigenvalue weighted by Gasteiger charge is 2.50. The molecular weight excluding hydrogens is 459 g/mol. The zero-order chi connectivity index (χ0) is 19.6. The second-order valence-electron chi connectivity index (χ2n) is 9.78. The molecule has 1 aromatic rings. The van der Waals surface area contributed by atoms with Crippen molar-refractivity contribution in [3.63, 3.8) is 0 Å². The van der Waals surface area contributed by atoms with Gasteiger partial charge in [-0.25, -0.2) is 0 Å². The number of nitrogens with one attached hydrogen (secondary N) is 2. The molecule has 2 N–H and O–H groups in total. The van der Waals surface area contributed by atoms with Gasteiger partial charge in [0.05, 0.1) is 0 Å². The van der Waals surface area contributed by atoms with Gasteiger partial charge in [-0.15, -0.1) is 0 Å². The summed E-state index contributed by atoms with van der Waals surface area (Å²) in [5, 5.41) is 6.74. The number of piperidine rings is 1. The largest absolute Gasteiger partial charge is 0.353 e. The van der Waals surface area contributed by atoms with Crippen molar-refractivity contribution in [1.82, 2.24) is 10.6 Å². The molecule has 0 radical (unpaired) electrons. The van der Waals surface area contributed by atoms with Gasteiger partial charge in [-0.3, -0.25) is 4.79 Å². The minimum absolute atomic E-state index is 0.269. The van der Waals surface area contributed by atoms with E-state index in [0.29, 0.717) is 33.1 Å². The fourth-order valence-corrected chi connectivity index (χ4v) is 7.95. The number of carbonyl (C=O) groups excluding carboxylic acids is 1. The Morgan fingerprint density at radius 2 is 2.07 bits per heavy atom. The van der Waals surface area contributed by atoms with Gasteiger partial charge in [-0.1, -0.05) is 66.3 Å². The van der Waals surface area contributed by atoms with E-state index >= 15 is 0 Å². The van der Waals surface area contributed by atoms with E-state index in [4.69, 9.17) is 0 Å². The van der Waals surface area contributed by atoms with Gasteiger partial charge >= 0.3 is 0 Å². The number of fused-ring (bicyclic) bond motifs is 2. The Hall–Kier alpha value is -0.620. The monoisotopic (exact) mass is 494 g/mol. The van der Waals surface area contributed by atoms with E-state index in [0.717, 1.165) is 25.9 Å². The van der Waals surface area contributed by atoms with Crippen LogP contribution in [0.5, 0.6) is 0 Å². The molecule has 2 saturated carbocycles. The molecule has 1 amide bonds. The van der Waals surface area contributed by atoms with Crippen molar-refractivity contribution in [3.8, 4) is 0 Å². The lowest BCUT2D eigenvalue weighted by Crippen LogP contribution is -2.49. The predicted octanol–water partition coefficient (Wildman–Crippen LogP) is 4.98. The fourth-order valence-electron chi connectivity index (χ4n) is 6.22. The molecule has 2 aliphatic carbocycles. The van der Waals surface area contributed by atoms with E-state index < -0.39 is 0 Å². The normalized spacial score (nSPS) is 38.0. The molecule has 1 aromatic carbocycles. The van der Waals surface area contributed by atoms with Crippen LogP contribution in [0.3, 0.4) is 0 Å². The molecule has 1 heterocycles. The smallest absolute Gasteiger partial charge is 0.220 e. The average Bonchev–Trinajstić information content (AvgIpc) is 2.68. The Labute approximate surface area is 184 Å². The molecule has 154 valence electrons. The van der Waals surface area contributed by atoms with Gasteiger partial charge in [0.25, 0.3) is 0 Å². The molecule has 4 heteroatoms. The first-order chi connectivity index (χ1) is 13.5. The number of hydrogen-bond acceptors (Lipinski definition) is 2. The maximum atomic E-state index is 12.6. The first kappa shape index (κ1) is 20.6. The molecule has 4 rings (SSSR count). The summed E-state index contributed by atoms with van der Waals surface area (Å²) in [5.41, 5.74) is 1.87. The summed E-state index contributed by atoms with van der Waals surface area (Å²) in [6.07, 6.45) is 10.7. The zero-order valence-corrected chi connectivity index (χ0v) is 19.3. The van der Waals surface area contributed by atoms with Crippen LogP contribution in [0.15, 0.2) is 30.3 Å². The van der Waals surface area contributed by atoms with Gasteiger partial charge < -0.3 is 10.6 Å². The summed E-state index contributed by atoms with van der Waals surface area (Å²) >= 11 is 2.77. The Morgan fingerprint density at radius 1 is 1.25 bits per heavy atom. The number of halogens is 1.